The normalized spacial score (nSPS) is 15.5. The summed E-state index contributed by atoms with van der Waals surface area (Å²) in [6.45, 7) is 4.86. The fourth-order valence-corrected chi connectivity index (χ4v) is 3.95. The molecule has 28 heavy (non-hydrogen) atoms. The number of benzene rings is 2. The summed E-state index contributed by atoms with van der Waals surface area (Å²) in [5.74, 6) is 0.209. The van der Waals surface area contributed by atoms with Crippen molar-refractivity contribution in [2.24, 2.45) is 5.92 Å². The molecular formula is C23H28Cl2N2O. The molecule has 5 heteroatoms. The molecule has 1 fully saturated rings. The fourth-order valence-electron chi connectivity index (χ4n) is 3.63. The molecule has 3 nitrogen and oxygen atoms in total. The standard InChI is InChI=1S/C23H28Cl2N2O/c1-2-3-4-17-5-8-20(9-6-17)26-23(28)19-11-13-27(14-12-19)16-18-7-10-21(24)22(25)15-18/h5-10,15,19H,2-4,11-14,16H2,1H3,(H,26,28). The highest BCUT2D eigenvalue weighted by Crippen LogP contribution is 2.25. The Kier molecular flexibility index (Phi) is 7.78. The van der Waals surface area contributed by atoms with E-state index < -0.39 is 0 Å². The van der Waals surface area contributed by atoms with Crippen LogP contribution in [0.4, 0.5) is 5.69 Å². The molecule has 1 heterocycles. The van der Waals surface area contributed by atoms with Gasteiger partial charge in [0, 0.05) is 18.2 Å². The molecule has 0 saturated carbocycles. The van der Waals surface area contributed by atoms with E-state index in [1.807, 2.05) is 30.3 Å². The smallest absolute Gasteiger partial charge is 0.227 e. The third kappa shape index (κ3) is 5.97. The minimum Gasteiger partial charge on any atom is -0.326 e. The van der Waals surface area contributed by atoms with Crippen molar-refractivity contribution in [3.63, 3.8) is 0 Å². The number of aryl methyl sites for hydroxylation is 1. The van der Waals surface area contributed by atoms with Crippen molar-refractivity contribution in [1.29, 1.82) is 0 Å². The zero-order valence-corrected chi connectivity index (χ0v) is 17.9. The van der Waals surface area contributed by atoms with Crippen LogP contribution in [0, 0.1) is 5.92 Å². The lowest BCUT2D eigenvalue weighted by Crippen LogP contribution is -2.37. The second-order valence-electron chi connectivity index (χ2n) is 7.59. The number of hydrogen-bond donors (Lipinski definition) is 1. The number of hydrogen-bond acceptors (Lipinski definition) is 2. The van der Waals surface area contributed by atoms with E-state index >= 15 is 0 Å². The van der Waals surface area contributed by atoms with Gasteiger partial charge in [-0.1, -0.05) is 54.7 Å². The largest absolute Gasteiger partial charge is 0.326 e. The Morgan fingerprint density at radius 3 is 2.36 bits per heavy atom. The van der Waals surface area contributed by atoms with Gasteiger partial charge in [0.1, 0.15) is 0 Å². The van der Waals surface area contributed by atoms with Gasteiger partial charge in [0.05, 0.1) is 10.0 Å². The first-order valence-electron chi connectivity index (χ1n) is 10.1. The predicted molar refractivity (Wildman–Crippen MR) is 118 cm³/mol. The van der Waals surface area contributed by atoms with Crippen LogP contribution in [0.1, 0.15) is 43.7 Å². The Balaban J connectivity index is 1.46. The van der Waals surface area contributed by atoms with Gasteiger partial charge in [0.15, 0.2) is 0 Å². The van der Waals surface area contributed by atoms with E-state index in [9.17, 15) is 4.79 Å². The molecule has 0 unspecified atom stereocenters. The molecule has 0 radical (unpaired) electrons. The van der Waals surface area contributed by atoms with E-state index in [1.54, 1.807) is 0 Å². The molecular weight excluding hydrogens is 391 g/mol. The van der Waals surface area contributed by atoms with Crippen LogP contribution in [-0.4, -0.2) is 23.9 Å². The van der Waals surface area contributed by atoms with Crippen LogP contribution in [0.2, 0.25) is 10.0 Å². The number of rotatable bonds is 7. The molecule has 3 rings (SSSR count). The zero-order valence-electron chi connectivity index (χ0n) is 16.4. The third-order valence-corrected chi connectivity index (χ3v) is 6.13. The van der Waals surface area contributed by atoms with Crippen LogP contribution in [0.5, 0.6) is 0 Å². The van der Waals surface area contributed by atoms with Crippen LogP contribution >= 0.6 is 23.2 Å². The van der Waals surface area contributed by atoms with E-state index in [0.717, 1.165) is 50.1 Å². The summed E-state index contributed by atoms with van der Waals surface area (Å²) in [5, 5.41) is 4.26. The van der Waals surface area contributed by atoms with Crippen LogP contribution in [0.15, 0.2) is 42.5 Å². The Morgan fingerprint density at radius 1 is 1.04 bits per heavy atom. The maximum absolute atomic E-state index is 12.6. The number of unbranched alkanes of at least 4 members (excludes halogenated alkanes) is 1. The highest BCUT2D eigenvalue weighted by molar-refractivity contribution is 6.42. The highest BCUT2D eigenvalue weighted by Gasteiger charge is 2.25. The van der Waals surface area contributed by atoms with Gasteiger partial charge in [0.2, 0.25) is 5.91 Å². The number of halogens is 2. The molecule has 0 bridgehead atoms. The van der Waals surface area contributed by atoms with Gasteiger partial charge in [0.25, 0.3) is 0 Å². The molecule has 0 aliphatic carbocycles. The van der Waals surface area contributed by atoms with Crippen molar-refractivity contribution in [1.82, 2.24) is 4.90 Å². The summed E-state index contributed by atoms with van der Waals surface area (Å²) in [6, 6.07) is 14.0. The molecule has 150 valence electrons. The Bertz CT molecular complexity index is 784. The molecule has 0 atom stereocenters. The van der Waals surface area contributed by atoms with Gasteiger partial charge < -0.3 is 5.32 Å². The van der Waals surface area contributed by atoms with Gasteiger partial charge in [-0.15, -0.1) is 0 Å². The second-order valence-corrected chi connectivity index (χ2v) is 8.40. The maximum Gasteiger partial charge on any atom is 0.227 e. The quantitative estimate of drug-likeness (QED) is 0.581. The summed E-state index contributed by atoms with van der Waals surface area (Å²) in [4.78, 5) is 15.0. The Labute approximate surface area is 178 Å². The number of piperidine rings is 1. The van der Waals surface area contributed by atoms with Gasteiger partial charge >= 0.3 is 0 Å². The van der Waals surface area contributed by atoms with E-state index in [2.05, 4.69) is 29.3 Å². The third-order valence-electron chi connectivity index (χ3n) is 5.39. The number of amides is 1. The maximum atomic E-state index is 12.6. The summed E-state index contributed by atoms with van der Waals surface area (Å²) >= 11 is 12.1. The van der Waals surface area contributed by atoms with E-state index in [0.29, 0.717) is 10.0 Å². The van der Waals surface area contributed by atoms with Crippen molar-refractivity contribution < 1.29 is 4.79 Å². The van der Waals surface area contributed by atoms with Gasteiger partial charge in [-0.05, 0) is 74.2 Å². The topological polar surface area (TPSA) is 32.3 Å². The molecule has 0 aromatic heterocycles. The van der Waals surface area contributed by atoms with Gasteiger partial charge in [-0.3, -0.25) is 9.69 Å². The first kappa shape index (κ1) is 21.2. The summed E-state index contributed by atoms with van der Waals surface area (Å²) in [5.41, 5.74) is 3.37. The molecule has 0 spiro atoms. The molecule has 1 N–H and O–H groups in total. The van der Waals surface area contributed by atoms with Crippen molar-refractivity contribution in [2.75, 3.05) is 18.4 Å². The highest BCUT2D eigenvalue weighted by atomic mass is 35.5. The van der Waals surface area contributed by atoms with E-state index in [4.69, 9.17) is 23.2 Å². The van der Waals surface area contributed by atoms with Gasteiger partial charge in [-0.25, -0.2) is 0 Å². The van der Waals surface area contributed by atoms with E-state index in [-0.39, 0.29) is 11.8 Å². The van der Waals surface area contributed by atoms with E-state index in [1.165, 1.54) is 18.4 Å². The zero-order chi connectivity index (χ0) is 19.9. The summed E-state index contributed by atoms with van der Waals surface area (Å²) in [6.07, 6.45) is 5.25. The number of carbonyl (C=O) groups is 1. The lowest BCUT2D eigenvalue weighted by atomic mass is 9.95. The average molecular weight is 419 g/mol. The van der Waals surface area contributed by atoms with Crippen molar-refractivity contribution in [3.05, 3.63) is 63.6 Å². The SMILES string of the molecule is CCCCc1ccc(NC(=O)C2CCN(Cc3ccc(Cl)c(Cl)c3)CC2)cc1. The molecule has 2 aromatic rings. The first-order valence-corrected chi connectivity index (χ1v) is 10.9. The minimum absolute atomic E-state index is 0.0739. The summed E-state index contributed by atoms with van der Waals surface area (Å²) in [7, 11) is 0. The van der Waals surface area contributed by atoms with Crippen molar-refractivity contribution >= 4 is 34.8 Å². The number of anilines is 1. The van der Waals surface area contributed by atoms with Crippen LogP contribution < -0.4 is 5.32 Å². The minimum atomic E-state index is 0.0739. The van der Waals surface area contributed by atoms with Crippen LogP contribution in [0.25, 0.3) is 0 Å². The molecule has 2 aromatic carbocycles. The Hall–Kier alpha value is -1.55. The predicted octanol–water partition coefficient (Wildman–Crippen LogP) is 6.19. The molecule has 1 aliphatic rings. The fraction of sp³-hybridized carbons (Fsp3) is 0.435. The molecule has 1 saturated heterocycles. The summed E-state index contributed by atoms with van der Waals surface area (Å²) < 4.78 is 0. The monoisotopic (exact) mass is 418 g/mol. The molecule has 1 aliphatic heterocycles. The number of likely N-dealkylation sites (tertiary alicyclic amines) is 1. The number of nitrogens with zero attached hydrogens (tertiary/aromatic N) is 1. The van der Waals surface area contributed by atoms with Crippen LogP contribution in [-0.2, 0) is 17.8 Å². The second kappa shape index (κ2) is 10.3. The number of nitrogens with one attached hydrogen (secondary N) is 1. The lowest BCUT2D eigenvalue weighted by Gasteiger charge is -2.31. The average Bonchev–Trinajstić information content (AvgIpc) is 2.71. The van der Waals surface area contributed by atoms with Crippen LogP contribution in [0.3, 0.4) is 0 Å². The van der Waals surface area contributed by atoms with Gasteiger partial charge in [-0.2, -0.15) is 0 Å². The Morgan fingerprint density at radius 2 is 1.71 bits per heavy atom. The van der Waals surface area contributed by atoms with Crippen molar-refractivity contribution in [2.45, 2.75) is 45.6 Å². The van der Waals surface area contributed by atoms with Crippen molar-refractivity contribution in [3.8, 4) is 0 Å². The number of carbonyl (C=O) groups excluding carboxylic acids is 1. The lowest BCUT2D eigenvalue weighted by molar-refractivity contribution is -0.121. The first-order chi connectivity index (χ1) is 13.5. The molecule has 1 amide bonds.